The Morgan fingerprint density at radius 1 is 0.789 bits per heavy atom. The van der Waals surface area contributed by atoms with Crippen LogP contribution in [0.5, 0.6) is 0 Å². The number of halogens is 1. The first-order chi connectivity index (χ1) is 9.38. The predicted octanol–water partition coefficient (Wildman–Crippen LogP) is 5.15. The number of benzene rings is 3. The molecule has 0 amide bonds. The average molecular weight is 265 g/mol. The van der Waals surface area contributed by atoms with E-state index in [1.807, 2.05) is 0 Å². The van der Waals surface area contributed by atoms with Crippen LogP contribution in [-0.2, 0) is 12.3 Å². The number of hydrogen-bond donors (Lipinski definition) is 0. The summed E-state index contributed by atoms with van der Waals surface area (Å²) in [5.74, 6) is 0.571. The van der Waals surface area contributed by atoms with Crippen LogP contribution in [0.4, 0.5) is 0 Å². The largest absolute Gasteiger partial charge is 0.122 e. The quantitative estimate of drug-likeness (QED) is 0.417. The van der Waals surface area contributed by atoms with Gasteiger partial charge in [0, 0.05) is 5.88 Å². The number of hydrogen-bond acceptors (Lipinski definition) is 0. The summed E-state index contributed by atoms with van der Waals surface area (Å²) < 4.78 is 0. The van der Waals surface area contributed by atoms with Crippen molar-refractivity contribution in [1.29, 1.82) is 0 Å². The van der Waals surface area contributed by atoms with Gasteiger partial charge in [-0.05, 0) is 45.0 Å². The molecule has 3 aromatic carbocycles. The van der Waals surface area contributed by atoms with Gasteiger partial charge in [-0.3, -0.25) is 0 Å². The first-order valence-electron chi connectivity index (χ1n) is 6.56. The molecular weight excluding hydrogens is 252 g/mol. The standard InChI is InChI=1S/C18H13Cl/c19-11-14-8-9-17-15-6-2-1-4-12(15)10-13-5-3-7-16(14)18(13)17/h1-9H,10-11H2. The SMILES string of the molecule is ClCc1ccc2c3c(cccc13)Cc1ccccc1-2. The molecule has 0 heterocycles. The molecule has 92 valence electrons. The van der Waals surface area contributed by atoms with Crippen molar-refractivity contribution in [3.05, 3.63) is 71.3 Å². The van der Waals surface area contributed by atoms with Gasteiger partial charge in [-0.25, -0.2) is 0 Å². The van der Waals surface area contributed by atoms with Crippen molar-refractivity contribution in [2.45, 2.75) is 12.3 Å². The second-order valence-electron chi connectivity index (χ2n) is 5.08. The molecule has 0 saturated heterocycles. The predicted molar refractivity (Wildman–Crippen MR) is 81.7 cm³/mol. The highest BCUT2D eigenvalue weighted by molar-refractivity contribution is 6.18. The van der Waals surface area contributed by atoms with Crippen LogP contribution < -0.4 is 0 Å². The van der Waals surface area contributed by atoms with E-state index >= 15 is 0 Å². The highest BCUT2D eigenvalue weighted by atomic mass is 35.5. The van der Waals surface area contributed by atoms with Crippen LogP contribution in [-0.4, -0.2) is 0 Å². The smallest absolute Gasteiger partial charge is 0.0480 e. The molecule has 0 radical (unpaired) electrons. The van der Waals surface area contributed by atoms with E-state index in [2.05, 4.69) is 54.6 Å². The second-order valence-corrected chi connectivity index (χ2v) is 5.35. The van der Waals surface area contributed by atoms with Crippen LogP contribution >= 0.6 is 11.6 Å². The van der Waals surface area contributed by atoms with Gasteiger partial charge in [-0.2, -0.15) is 0 Å². The van der Waals surface area contributed by atoms with Crippen LogP contribution in [0.3, 0.4) is 0 Å². The van der Waals surface area contributed by atoms with Gasteiger partial charge in [0.15, 0.2) is 0 Å². The third-order valence-electron chi connectivity index (χ3n) is 4.05. The van der Waals surface area contributed by atoms with Crippen molar-refractivity contribution in [2.75, 3.05) is 0 Å². The van der Waals surface area contributed by atoms with E-state index in [0.717, 1.165) is 6.42 Å². The molecule has 1 aliphatic rings. The summed E-state index contributed by atoms with van der Waals surface area (Å²) in [6.07, 6.45) is 1.02. The number of alkyl halides is 1. The zero-order valence-corrected chi connectivity index (χ0v) is 11.2. The molecule has 0 fully saturated rings. The van der Waals surface area contributed by atoms with Gasteiger partial charge in [0.25, 0.3) is 0 Å². The fourth-order valence-corrected chi connectivity index (χ4v) is 3.41. The molecule has 1 aliphatic carbocycles. The normalized spacial score (nSPS) is 12.5. The highest BCUT2D eigenvalue weighted by Crippen LogP contribution is 2.40. The van der Waals surface area contributed by atoms with E-state index in [0.29, 0.717) is 5.88 Å². The summed E-state index contributed by atoms with van der Waals surface area (Å²) in [5, 5.41) is 2.69. The molecule has 0 nitrogen and oxygen atoms in total. The summed E-state index contributed by atoms with van der Waals surface area (Å²) in [5.41, 5.74) is 6.77. The van der Waals surface area contributed by atoms with Crippen molar-refractivity contribution < 1.29 is 0 Å². The maximum absolute atomic E-state index is 6.07. The summed E-state index contributed by atoms with van der Waals surface area (Å²) in [7, 11) is 0. The molecule has 19 heavy (non-hydrogen) atoms. The van der Waals surface area contributed by atoms with Crippen molar-refractivity contribution in [1.82, 2.24) is 0 Å². The van der Waals surface area contributed by atoms with E-state index in [9.17, 15) is 0 Å². The maximum Gasteiger partial charge on any atom is 0.0480 e. The van der Waals surface area contributed by atoms with Gasteiger partial charge >= 0.3 is 0 Å². The Kier molecular flexibility index (Phi) is 2.39. The number of fused-ring (bicyclic) bond motifs is 2. The van der Waals surface area contributed by atoms with Crippen molar-refractivity contribution >= 4 is 22.4 Å². The van der Waals surface area contributed by atoms with E-state index < -0.39 is 0 Å². The van der Waals surface area contributed by atoms with E-state index in [1.165, 1.54) is 38.6 Å². The van der Waals surface area contributed by atoms with Crippen LogP contribution in [0.2, 0.25) is 0 Å². The Bertz CT molecular complexity index is 787. The molecule has 0 aromatic heterocycles. The summed E-state index contributed by atoms with van der Waals surface area (Å²) in [6.45, 7) is 0. The fourth-order valence-electron chi connectivity index (χ4n) is 3.17. The van der Waals surface area contributed by atoms with Crippen LogP contribution in [0.15, 0.2) is 54.6 Å². The van der Waals surface area contributed by atoms with Gasteiger partial charge in [0.2, 0.25) is 0 Å². The third kappa shape index (κ3) is 1.53. The zero-order chi connectivity index (χ0) is 12.8. The van der Waals surface area contributed by atoms with Crippen LogP contribution in [0.25, 0.3) is 21.9 Å². The third-order valence-corrected chi connectivity index (χ3v) is 4.34. The summed E-state index contributed by atoms with van der Waals surface area (Å²) in [6, 6.07) is 19.6. The monoisotopic (exact) mass is 264 g/mol. The number of rotatable bonds is 1. The molecule has 0 atom stereocenters. The lowest BCUT2D eigenvalue weighted by Crippen LogP contribution is -2.01. The molecule has 0 N–H and O–H groups in total. The Morgan fingerprint density at radius 2 is 1.63 bits per heavy atom. The molecule has 0 unspecified atom stereocenters. The van der Waals surface area contributed by atoms with Crippen molar-refractivity contribution in [3.8, 4) is 11.1 Å². The van der Waals surface area contributed by atoms with E-state index in [-0.39, 0.29) is 0 Å². The van der Waals surface area contributed by atoms with E-state index in [4.69, 9.17) is 11.6 Å². The molecule has 1 heteroatoms. The second kappa shape index (κ2) is 4.11. The molecule has 0 saturated carbocycles. The highest BCUT2D eigenvalue weighted by Gasteiger charge is 2.18. The minimum absolute atomic E-state index is 0.571. The van der Waals surface area contributed by atoms with Gasteiger partial charge in [0.1, 0.15) is 0 Å². The molecular formula is C18H13Cl. The Morgan fingerprint density at radius 3 is 2.53 bits per heavy atom. The van der Waals surface area contributed by atoms with Gasteiger partial charge in [-0.1, -0.05) is 54.6 Å². The van der Waals surface area contributed by atoms with Gasteiger partial charge in [0.05, 0.1) is 0 Å². The summed E-state index contributed by atoms with van der Waals surface area (Å²) >= 11 is 6.07. The molecule has 4 rings (SSSR count). The molecule has 3 aromatic rings. The van der Waals surface area contributed by atoms with Crippen LogP contribution in [0.1, 0.15) is 16.7 Å². The van der Waals surface area contributed by atoms with Gasteiger partial charge < -0.3 is 0 Å². The van der Waals surface area contributed by atoms with Crippen LogP contribution in [0, 0.1) is 0 Å². The summed E-state index contributed by atoms with van der Waals surface area (Å²) in [4.78, 5) is 0. The lowest BCUT2D eigenvalue weighted by atomic mass is 9.83. The average Bonchev–Trinajstić information content (AvgIpc) is 2.48. The zero-order valence-electron chi connectivity index (χ0n) is 10.5. The minimum Gasteiger partial charge on any atom is -0.122 e. The van der Waals surface area contributed by atoms with E-state index in [1.54, 1.807) is 0 Å². The Labute approximate surface area is 117 Å². The maximum atomic E-state index is 6.07. The topological polar surface area (TPSA) is 0 Å². The Balaban J connectivity index is 2.17. The lowest BCUT2D eigenvalue weighted by Gasteiger charge is -2.21. The van der Waals surface area contributed by atoms with Gasteiger partial charge in [-0.15, -0.1) is 11.6 Å². The molecule has 0 aliphatic heterocycles. The Hall–Kier alpha value is -1.79. The lowest BCUT2D eigenvalue weighted by molar-refractivity contribution is 1.20. The van der Waals surface area contributed by atoms with Crippen molar-refractivity contribution in [3.63, 3.8) is 0 Å². The molecule has 0 spiro atoms. The molecule has 0 bridgehead atoms. The first-order valence-corrected chi connectivity index (χ1v) is 7.09. The fraction of sp³-hybridized carbons (Fsp3) is 0.111. The minimum atomic E-state index is 0.571. The first kappa shape index (κ1) is 11.1. The van der Waals surface area contributed by atoms with Crippen molar-refractivity contribution in [2.24, 2.45) is 0 Å².